The quantitative estimate of drug-likeness (QED) is 0.365. The zero-order valence-electron chi connectivity index (χ0n) is 27.5. The van der Waals surface area contributed by atoms with Gasteiger partial charge in [-0.05, 0) is 118 Å². The molecule has 6 rings (SSSR count). The fourth-order valence-electron chi connectivity index (χ4n) is 9.11. The topological polar surface area (TPSA) is 37.5 Å². The Balaban J connectivity index is 1.50. The molecular formula is C38H54N3O+. The average molecular weight is 569 g/mol. The molecule has 42 heavy (non-hydrogen) atoms. The van der Waals surface area contributed by atoms with Gasteiger partial charge in [0, 0.05) is 61.2 Å². The van der Waals surface area contributed by atoms with Crippen LogP contribution in [-0.2, 0) is 23.1 Å². The van der Waals surface area contributed by atoms with Crippen LogP contribution in [-0.4, -0.2) is 43.2 Å². The second-order valence-corrected chi connectivity index (χ2v) is 14.7. The summed E-state index contributed by atoms with van der Waals surface area (Å²) in [5.74, 6) is 0.925. The number of Topliss-reactive ketones (excluding diaryl/α,β-unsaturated/α-hetero) is 1. The van der Waals surface area contributed by atoms with E-state index in [1.165, 1.54) is 78.8 Å². The Labute approximate surface area is 255 Å². The third-order valence-corrected chi connectivity index (χ3v) is 11.0. The molecule has 1 N–H and O–H groups in total. The van der Waals surface area contributed by atoms with Crippen LogP contribution < -0.4 is 14.8 Å². The van der Waals surface area contributed by atoms with Crippen LogP contribution in [0.1, 0.15) is 145 Å². The van der Waals surface area contributed by atoms with Gasteiger partial charge in [0.05, 0.1) is 11.1 Å². The van der Waals surface area contributed by atoms with Gasteiger partial charge < -0.3 is 9.80 Å². The minimum atomic E-state index is -0.0690. The van der Waals surface area contributed by atoms with E-state index in [1.54, 1.807) is 22.4 Å². The molecule has 0 saturated heterocycles. The first-order valence-electron chi connectivity index (χ1n) is 17.1. The van der Waals surface area contributed by atoms with Crippen molar-refractivity contribution in [3.05, 3.63) is 57.1 Å². The maximum atomic E-state index is 11.8. The van der Waals surface area contributed by atoms with E-state index in [9.17, 15) is 4.79 Å². The highest BCUT2D eigenvalue weighted by molar-refractivity contribution is 6.14. The monoisotopic (exact) mass is 568 g/mol. The fourth-order valence-corrected chi connectivity index (χ4v) is 9.11. The predicted octanol–water partition coefficient (Wildman–Crippen LogP) is 6.59. The third-order valence-electron chi connectivity index (χ3n) is 11.0. The SMILES string of the molecule is CCC(=O)CCCCC[NH+]=C1c2cc3c(cc2C(C)(C)c2c1cc1c4c2CCCN4CCC1)N(CC)C(C)(C)CC3C. The number of hydrogen-bond donors (Lipinski definition) is 1. The van der Waals surface area contributed by atoms with Crippen LogP contribution in [0.2, 0.25) is 0 Å². The van der Waals surface area contributed by atoms with E-state index in [4.69, 9.17) is 0 Å². The van der Waals surface area contributed by atoms with E-state index in [0.29, 0.717) is 18.1 Å². The molecule has 2 aromatic rings. The van der Waals surface area contributed by atoms with Gasteiger partial charge in [0.25, 0.3) is 0 Å². The van der Waals surface area contributed by atoms with Crippen molar-refractivity contribution in [3.63, 3.8) is 0 Å². The lowest BCUT2D eigenvalue weighted by atomic mass is 9.63. The Hall–Kier alpha value is -2.62. The van der Waals surface area contributed by atoms with Crippen LogP contribution in [0.3, 0.4) is 0 Å². The predicted molar refractivity (Wildman–Crippen MR) is 177 cm³/mol. The Morgan fingerprint density at radius 1 is 0.976 bits per heavy atom. The molecule has 4 aliphatic rings. The molecule has 1 unspecified atom stereocenters. The van der Waals surface area contributed by atoms with E-state index >= 15 is 0 Å². The number of nitrogens with one attached hydrogen (secondary N) is 1. The van der Waals surface area contributed by atoms with E-state index in [1.807, 2.05) is 6.92 Å². The van der Waals surface area contributed by atoms with Crippen molar-refractivity contribution in [2.75, 3.05) is 36.0 Å². The molecule has 4 nitrogen and oxygen atoms in total. The first kappa shape index (κ1) is 29.5. The van der Waals surface area contributed by atoms with E-state index in [2.05, 4.69) is 74.5 Å². The first-order valence-corrected chi connectivity index (χ1v) is 17.1. The highest BCUT2D eigenvalue weighted by Gasteiger charge is 2.45. The summed E-state index contributed by atoms with van der Waals surface area (Å²) in [7, 11) is 0. The summed E-state index contributed by atoms with van der Waals surface area (Å²) in [4.78, 5) is 21.2. The fraction of sp³-hybridized carbons (Fsp3) is 0.632. The number of carbonyl (C=O) groups is 1. The van der Waals surface area contributed by atoms with Gasteiger partial charge in [-0.15, -0.1) is 0 Å². The lowest BCUT2D eigenvalue weighted by Crippen LogP contribution is -2.74. The summed E-state index contributed by atoms with van der Waals surface area (Å²) in [6.07, 6.45) is 10.7. The number of rotatable bonds is 8. The number of unbranched alkanes of at least 4 members (excludes halogenated alkanes) is 2. The standard InChI is InChI=1S/C38H53N3O/c1-8-27(42)16-11-10-12-18-39-35-30-22-29-25(3)24-37(4,5)41(9-2)33(29)23-32(30)38(6,7)34-28-17-14-20-40-19-13-15-26(36(28)40)21-31(34)35/h21-23,25H,8-20,24H2,1-7H3/p+1. The smallest absolute Gasteiger partial charge is 0.213 e. The third kappa shape index (κ3) is 4.81. The van der Waals surface area contributed by atoms with Crippen molar-refractivity contribution in [3.8, 4) is 0 Å². The molecule has 1 atom stereocenters. The maximum Gasteiger partial charge on any atom is 0.213 e. The Morgan fingerprint density at radius 2 is 1.74 bits per heavy atom. The molecule has 3 heterocycles. The van der Waals surface area contributed by atoms with Gasteiger partial charge in [0.1, 0.15) is 12.3 Å². The molecule has 0 saturated carbocycles. The van der Waals surface area contributed by atoms with E-state index < -0.39 is 0 Å². The lowest BCUT2D eigenvalue weighted by molar-refractivity contribution is -0.456. The van der Waals surface area contributed by atoms with Crippen molar-refractivity contribution < 1.29 is 9.79 Å². The zero-order chi connectivity index (χ0) is 29.8. The lowest BCUT2D eigenvalue weighted by Gasteiger charge is -2.49. The minimum Gasteiger partial charge on any atom is -0.371 e. The van der Waals surface area contributed by atoms with Crippen molar-refractivity contribution in [2.24, 2.45) is 0 Å². The summed E-state index contributed by atoms with van der Waals surface area (Å²) in [5, 5.41) is 0. The Kier molecular flexibility index (Phi) is 7.81. The summed E-state index contributed by atoms with van der Waals surface area (Å²) in [6, 6.07) is 7.76. The van der Waals surface area contributed by atoms with Crippen molar-refractivity contribution in [2.45, 2.75) is 130 Å². The van der Waals surface area contributed by atoms with Crippen LogP contribution in [0, 0.1) is 0 Å². The number of aryl methyl sites for hydroxylation is 1. The van der Waals surface area contributed by atoms with Gasteiger partial charge in [-0.25, -0.2) is 4.99 Å². The van der Waals surface area contributed by atoms with Gasteiger partial charge in [-0.1, -0.05) is 27.7 Å². The summed E-state index contributed by atoms with van der Waals surface area (Å²) in [5.41, 5.74) is 15.1. The van der Waals surface area contributed by atoms with Crippen molar-refractivity contribution in [1.29, 1.82) is 0 Å². The largest absolute Gasteiger partial charge is 0.371 e. The summed E-state index contributed by atoms with van der Waals surface area (Å²) >= 11 is 0. The number of ketones is 1. The Bertz CT molecular complexity index is 1410. The molecular weight excluding hydrogens is 514 g/mol. The van der Waals surface area contributed by atoms with Crippen LogP contribution in [0.5, 0.6) is 0 Å². The molecule has 1 aliphatic carbocycles. The van der Waals surface area contributed by atoms with Gasteiger partial charge in [-0.3, -0.25) is 4.79 Å². The normalized spacial score (nSPS) is 22.4. The molecule has 3 aliphatic heterocycles. The number of benzene rings is 2. The van der Waals surface area contributed by atoms with Gasteiger partial charge >= 0.3 is 0 Å². The maximum absolute atomic E-state index is 11.8. The zero-order valence-corrected chi connectivity index (χ0v) is 27.5. The molecule has 226 valence electrons. The second-order valence-electron chi connectivity index (χ2n) is 14.7. The molecule has 0 radical (unpaired) electrons. The molecule has 0 bridgehead atoms. The van der Waals surface area contributed by atoms with Crippen LogP contribution >= 0.6 is 0 Å². The van der Waals surface area contributed by atoms with Crippen LogP contribution in [0.25, 0.3) is 0 Å². The van der Waals surface area contributed by atoms with Crippen molar-refractivity contribution in [1.82, 2.24) is 0 Å². The second kappa shape index (κ2) is 11.1. The first-order chi connectivity index (χ1) is 20.1. The average Bonchev–Trinajstić information content (AvgIpc) is 2.95. The molecule has 0 amide bonds. The number of fused-ring (bicyclic) bond motifs is 4. The number of carbonyl (C=O) groups excluding carboxylic acids is 1. The van der Waals surface area contributed by atoms with Crippen LogP contribution in [0.15, 0.2) is 18.2 Å². The van der Waals surface area contributed by atoms with Gasteiger partial charge in [-0.2, -0.15) is 0 Å². The van der Waals surface area contributed by atoms with Crippen LogP contribution in [0.4, 0.5) is 11.4 Å². The molecule has 0 fully saturated rings. The molecule has 0 aromatic heterocycles. The highest BCUT2D eigenvalue weighted by atomic mass is 16.1. The van der Waals surface area contributed by atoms with E-state index in [0.717, 1.165) is 38.8 Å². The van der Waals surface area contributed by atoms with Gasteiger partial charge in [0.2, 0.25) is 5.71 Å². The van der Waals surface area contributed by atoms with E-state index in [-0.39, 0.29) is 11.0 Å². The molecule has 0 spiro atoms. The minimum absolute atomic E-state index is 0.0690. The summed E-state index contributed by atoms with van der Waals surface area (Å²) < 4.78 is 0. The highest BCUT2D eigenvalue weighted by Crippen LogP contribution is 2.52. The Morgan fingerprint density at radius 3 is 2.48 bits per heavy atom. The molecule has 4 heteroatoms. The number of hydrogen-bond acceptors (Lipinski definition) is 3. The molecule has 2 aromatic carbocycles. The number of nitrogens with zero attached hydrogens (tertiary/aromatic N) is 2. The number of anilines is 2. The van der Waals surface area contributed by atoms with Crippen molar-refractivity contribution >= 4 is 22.9 Å². The van der Waals surface area contributed by atoms with Gasteiger partial charge in [0.15, 0.2) is 0 Å². The summed E-state index contributed by atoms with van der Waals surface area (Å²) in [6.45, 7) is 21.0.